The number of aromatic nitrogens is 3. The second-order valence-electron chi connectivity index (χ2n) is 5.50. The number of urea groups is 1. The van der Waals surface area contributed by atoms with Crippen LogP contribution >= 0.6 is 0 Å². The van der Waals surface area contributed by atoms with Crippen molar-refractivity contribution in [2.45, 2.75) is 32.4 Å². The number of carbonyl (C=O) groups is 1. The molecule has 0 spiro atoms. The summed E-state index contributed by atoms with van der Waals surface area (Å²) in [4.78, 5) is 26.1. The summed E-state index contributed by atoms with van der Waals surface area (Å²) < 4.78 is 0. The summed E-state index contributed by atoms with van der Waals surface area (Å²) in [6, 6.07) is 3.72. The zero-order valence-electron chi connectivity index (χ0n) is 12.2. The number of nitrogens with one attached hydrogen (secondary N) is 2. The number of pyridine rings is 1. The normalized spacial score (nSPS) is 17.7. The maximum Gasteiger partial charge on any atom is 0.318 e. The highest BCUT2D eigenvalue weighted by Gasteiger charge is 2.34. The molecule has 0 aromatic carbocycles. The van der Waals surface area contributed by atoms with Gasteiger partial charge in [0, 0.05) is 37.1 Å². The zero-order chi connectivity index (χ0) is 14.8. The first kappa shape index (κ1) is 13.6. The number of amides is 2. The van der Waals surface area contributed by atoms with Crippen LogP contribution in [0.2, 0.25) is 0 Å². The molecule has 2 amide bonds. The summed E-state index contributed by atoms with van der Waals surface area (Å²) in [6.07, 6.45) is 6.01. The largest absolute Gasteiger partial charge is 0.348 e. The number of rotatable bonds is 2. The Labute approximate surface area is 123 Å². The van der Waals surface area contributed by atoms with Crippen LogP contribution in [-0.4, -0.2) is 38.5 Å². The molecule has 0 saturated carbocycles. The standard InChI is InChI=1S/C15H19N5O/c1-10(2)19-15(21)20-7-5-12-13(18-9-17-12)14(20)11-4-3-6-16-8-11/h3-4,6,8-10,14H,5,7H2,1-2H3,(H,17,18)(H,19,21). The van der Waals surface area contributed by atoms with Crippen molar-refractivity contribution in [1.29, 1.82) is 0 Å². The molecule has 0 radical (unpaired) electrons. The first-order valence-corrected chi connectivity index (χ1v) is 7.16. The van der Waals surface area contributed by atoms with E-state index in [1.54, 1.807) is 18.7 Å². The van der Waals surface area contributed by atoms with Crippen LogP contribution in [0, 0.1) is 0 Å². The van der Waals surface area contributed by atoms with Crippen LogP contribution in [-0.2, 0) is 6.42 Å². The van der Waals surface area contributed by atoms with Gasteiger partial charge in [0.05, 0.1) is 12.0 Å². The first-order chi connectivity index (χ1) is 10.2. The Hall–Kier alpha value is -2.37. The molecule has 1 aliphatic rings. The Morgan fingerprint density at radius 1 is 1.52 bits per heavy atom. The number of aromatic amines is 1. The highest BCUT2D eigenvalue weighted by Crippen LogP contribution is 2.32. The molecule has 6 heteroatoms. The minimum atomic E-state index is -0.188. The maximum absolute atomic E-state index is 12.5. The molecular weight excluding hydrogens is 266 g/mol. The topological polar surface area (TPSA) is 73.9 Å². The fraction of sp³-hybridized carbons (Fsp3) is 0.400. The second kappa shape index (κ2) is 5.55. The van der Waals surface area contributed by atoms with E-state index >= 15 is 0 Å². The average molecular weight is 285 g/mol. The molecule has 2 aromatic heterocycles. The number of hydrogen-bond acceptors (Lipinski definition) is 3. The lowest BCUT2D eigenvalue weighted by Crippen LogP contribution is -2.48. The lowest BCUT2D eigenvalue weighted by Gasteiger charge is -2.35. The predicted octanol–water partition coefficient (Wildman–Crippen LogP) is 1.87. The Bertz CT molecular complexity index is 622. The van der Waals surface area contributed by atoms with E-state index < -0.39 is 0 Å². The van der Waals surface area contributed by atoms with E-state index in [0.717, 1.165) is 23.4 Å². The van der Waals surface area contributed by atoms with Gasteiger partial charge in [0.15, 0.2) is 0 Å². The van der Waals surface area contributed by atoms with Crippen molar-refractivity contribution in [3.63, 3.8) is 0 Å². The fourth-order valence-electron chi connectivity index (χ4n) is 2.70. The number of fused-ring (bicyclic) bond motifs is 1. The molecule has 1 atom stereocenters. The number of imidazole rings is 1. The van der Waals surface area contributed by atoms with Crippen molar-refractivity contribution in [2.75, 3.05) is 6.54 Å². The molecule has 3 rings (SSSR count). The number of H-pyrrole nitrogens is 1. The van der Waals surface area contributed by atoms with Crippen molar-refractivity contribution < 1.29 is 4.79 Å². The SMILES string of the molecule is CC(C)NC(=O)N1CCc2[nH]cnc2C1c1cccnc1. The highest BCUT2D eigenvalue weighted by molar-refractivity contribution is 5.76. The zero-order valence-corrected chi connectivity index (χ0v) is 12.2. The Morgan fingerprint density at radius 3 is 3.10 bits per heavy atom. The summed E-state index contributed by atoms with van der Waals surface area (Å²) in [6.45, 7) is 4.58. The minimum absolute atomic E-state index is 0.0625. The summed E-state index contributed by atoms with van der Waals surface area (Å²) in [5.41, 5.74) is 2.98. The third-order valence-corrected chi connectivity index (χ3v) is 3.60. The smallest absolute Gasteiger partial charge is 0.318 e. The Balaban J connectivity index is 1.98. The molecule has 21 heavy (non-hydrogen) atoms. The summed E-state index contributed by atoms with van der Waals surface area (Å²) in [5.74, 6) is 0. The maximum atomic E-state index is 12.5. The van der Waals surface area contributed by atoms with Crippen molar-refractivity contribution in [3.05, 3.63) is 47.8 Å². The van der Waals surface area contributed by atoms with E-state index in [9.17, 15) is 4.79 Å². The second-order valence-corrected chi connectivity index (χ2v) is 5.50. The van der Waals surface area contributed by atoms with Crippen LogP contribution in [0.15, 0.2) is 30.9 Å². The van der Waals surface area contributed by atoms with Gasteiger partial charge in [-0.1, -0.05) is 6.07 Å². The molecule has 3 heterocycles. The van der Waals surface area contributed by atoms with Crippen molar-refractivity contribution in [2.24, 2.45) is 0 Å². The van der Waals surface area contributed by atoms with Gasteiger partial charge in [-0.05, 0) is 25.5 Å². The Morgan fingerprint density at radius 2 is 2.38 bits per heavy atom. The van der Waals surface area contributed by atoms with Gasteiger partial charge in [-0.15, -0.1) is 0 Å². The van der Waals surface area contributed by atoms with Crippen LogP contribution in [0.4, 0.5) is 4.79 Å². The molecule has 0 aliphatic carbocycles. The van der Waals surface area contributed by atoms with Gasteiger partial charge >= 0.3 is 6.03 Å². The minimum Gasteiger partial charge on any atom is -0.348 e. The monoisotopic (exact) mass is 285 g/mol. The fourth-order valence-corrected chi connectivity index (χ4v) is 2.70. The van der Waals surface area contributed by atoms with Gasteiger partial charge in [-0.2, -0.15) is 0 Å². The van der Waals surface area contributed by atoms with Crippen LogP contribution in [0.3, 0.4) is 0 Å². The average Bonchev–Trinajstić information content (AvgIpc) is 2.94. The number of nitrogens with zero attached hydrogens (tertiary/aromatic N) is 3. The molecule has 1 unspecified atom stereocenters. The quantitative estimate of drug-likeness (QED) is 0.884. The summed E-state index contributed by atoms with van der Waals surface area (Å²) in [5, 5.41) is 2.96. The van der Waals surface area contributed by atoms with E-state index in [-0.39, 0.29) is 18.1 Å². The third-order valence-electron chi connectivity index (χ3n) is 3.60. The van der Waals surface area contributed by atoms with E-state index in [0.29, 0.717) is 6.54 Å². The van der Waals surface area contributed by atoms with Crippen LogP contribution < -0.4 is 5.32 Å². The van der Waals surface area contributed by atoms with E-state index in [2.05, 4.69) is 20.3 Å². The van der Waals surface area contributed by atoms with Gasteiger partial charge in [0.1, 0.15) is 6.04 Å². The molecule has 6 nitrogen and oxygen atoms in total. The molecule has 2 N–H and O–H groups in total. The summed E-state index contributed by atoms with van der Waals surface area (Å²) >= 11 is 0. The van der Waals surface area contributed by atoms with Gasteiger partial charge < -0.3 is 15.2 Å². The van der Waals surface area contributed by atoms with Crippen LogP contribution in [0.1, 0.15) is 36.8 Å². The predicted molar refractivity (Wildman–Crippen MR) is 78.7 cm³/mol. The molecule has 2 aromatic rings. The molecular formula is C15H19N5O. The number of hydrogen-bond donors (Lipinski definition) is 2. The molecule has 110 valence electrons. The van der Waals surface area contributed by atoms with Crippen molar-refractivity contribution in [1.82, 2.24) is 25.2 Å². The highest BCUT2D eigenvalue weighted by atomic mass is 16.2. The van der Waals surface area contributed by atoms with Gasteiger partial charge in [0.2, 0.25) is 0 Å². The molecule has 1 aliphatic heterocycles. The molecule has 0 fully saturated rings. The molecule has 0 bridgehead atoms. The Kier molecular flexibility index (Phi) is 3.60. The lowest BCUT2D eigenvalue weighted by molar-refractivity contribution is 0.176. The lowest BCUT2D eigenvalue weighted by atomic mass is 9.97. The third kappa shape index (κ3) is 2.61. The van der Waals surface area contributed by atoms with Gasteiger partial charge in [0.25, 0.3) is 0 Å². The van der Waals surface area contributed by atoms with E-state index in [4.69, 9.17) is 0 Å². The number of carbonyl (C=O) groups excluding carboxylic acids is 1. The van der Waals surface area contributed by atoms with Gasteiger partial charge in [-0.25, -0.2) is 9.78 Å². The summed E-state index contributed by atoms with van der Waals surface area (Å²) in [7, 11) is 0. The van der Waals surface area contributed by atoms with Crippen molar-refractivity contribution >= 4 is 6.03 Å². The van der Waals surface area contributed by atoms with Crippen molar-refractivity contribution in [3.8, 4) is 0 Å². The molecule has 0 saturated heterocycles. The van der Waals surface area contributed by atoms with E-state index in [1.807, 2.05) is 30.9 Å². The van der Waals surface area contributed by atoms with Gasteiger partial charge in [-0.3, -0.25) is 4.98 Å². The first-order valence-electron chi connectivity index (χ1n) is 7.16. The van der Waals surface area contributed by atoms with Crippen LogP contribution in [0.5, 0.6) is 0 Å². The van der Waals surface area contributed by atoms with E-state index in [1.165, 1.54) is 0 Å². The van der Waals surface area contributed by atoms with Crippen LogP contribution in [0.25, 0.3) is 0 Å².